The number of rotatable bonds is 6. The van der Waals surface area contributed by atoms with Crippen LogP contribution < -0.4 is 20.1 Å². The zero-order chi connectivity index (χ0) is 17.7. The topological polar surface area (TPSA) is 60.3 Å². The molecule has 0 saturated carbocycles. The third-order valence-corrected chi connectivity index (χ3v) is 4.00. The predicted molar refractivity (Wildman–Crippen MR) is 100.0 cm³/mol. The molecule has 2 aromatic rings. The van der Waals surface area contributed by atoms with Crippen molar-refractivity contribution in [2.24, 2.45) is 0 Å². The van der Waals surface area contributed by atoms with E-state index in [1.165, 1.54) is 0 Å². The van der Waals surface area contributed by atoms with Crippen LogP contribution in [0.5, 0.6) is 11.5 Å². The first kappa shape index (κ1) is 18.1. The van der Waals surface area contributed by atoms with Gasteiger partial charge in [0.05, 0.1) is 31.6 Å². The van der Waals surface area contributed by atoms with E-state index in [4.69, 9.17) is 21.7 Å². The van der Waals surface area contributed by atoms with E-state index in [1.807, 2.05) is 36.0 Å². The molecule has 0 amide bonds. The van der Waals surface area contributed by atoms with Crippen LogP contribution in [0.1, 0.15) is 31.1 Å². The number of thiocarbonyl (C=S) groups is 1. The van der Waals surface area contributed by atoms with Gasteiger partial charge in [-0.3, -0.25) is 4.68 Å². The van der Waals surface area contributed by atoms with Gasteiger partial charge in [0.15, 0.2) is 5.11 Å². The molecule has 24 heavy (non-hydrogen) atoms. The van der Waals surface area contributed by atoms with Crippen LogP contribution in [0.15, 0.2) is 24.4 Å². The highest BCUT2D eigenvalue weighted by Gasteiger charge is 2.14. The van der Waals surface area contributed by atoms with Crippen molar-refractivity contribution >= 4 is 23.0 Å². The summed E-state index contributed by atoms with van der Waals surface area (Å²) in [5.74, 6) is 1.40. The molecular weight excluding hydrogens is 324 g/mol. The standard InChI is InChI=1S/C17H24N4O2S/c1-6-21-10-14(12(3)20-21)11(2)18-17(24)19-15-8-7-13(22-4)9-16(15)23-5/h7-11H,6H2,1-5H3,(H2,18,19,24). The molecule has 0 saturated heterocycles. The Morgan fingerprint density at radius 3 is 2.67 bits per heavy atom. The Morgan fingerprint density at radius 1 is 1.33 bits per heavy atom. The van der Waals surface area contributed by atoms with Crippen LogP contribution in [0.2, 0.25) is 0 Å². The average molecular weight is 348 g/mol. The maximum absolute atomic E-state index is 5.42. The average Bonchev–Trinajstić information content (AvgIpc) is 2.96. The summed E-state index contributed by atoms with van der Waals surface area (Å²) in [6, 6.07) is 5.59. The highest BCUT2D eigenvalue weighted by molar-refractivity contribution is 7.80. The number of nitrogens with zero attached hydrogens (tertiary/aromatic N) is 2. The smallest absolute Gasteiger partial charge is 0.171 e. The normalized spacial score (nSPS) is 11.7. The van der Waals surface area contributed by atoms with Crippen LogP contribution in [0.25, 0.3) is 0 Å². The number of methoxy groups -OCH3 is 2. The molecule has 1 heterocycles. The number of anilines is 1. The number of hydrogen-bond donors (Lipinski definition) is 2. The van der Waals surface area contributed by atoms with Crippen LogP contribution >= 0.6 is 12.2 Å². The van der Waals surface area contributed by atoms with Crippen molar-refractivity contribution in [1.82, 2.24) is 15.1 Å². The van der Waals surface area contributed by atoms with Gasteiger partial charge in [-0.1, -0.05) is 0 Å². The van der Waals surface area contributed by atoms with E-state index in [1.54, 1.807) is 14.2 Å². The van der Waals surface area contributed by atoms with E-state index in [-0.39, 0.29) is 6.04 Å². The van der Waals surface area contributed by atoms with Crippen LogP contribution in [-0.2, 0) is 6.54 Å². The Labute approximate surface area is 148 Å². The van der Waals surface area contributed by atoms with E-state index in [0.717, 1.165) is 29.2 Å². The van der Waals surface area contributed by atoms with Crippen molar-refractivity contribution in [1.29, 1.82) is 0 Å². The molecule has 1 aromatic heterocycles. The minimum atomic E-state index is 0.0505. The molecule has 7 heteroatoms. The first-order valence-corrected chi connectivity index (χ1v) is 8.22. The van der Waals surface area contributed by atoms with Gasteiger partial charge in [-0.05, 0) is 45.1 Å². The van der Waals surface area contributed by atoms with Gasteiger partial charge in [-0.25, -0.2) is 0 Å². The summed E-state index contributed by atoms with van der Waals surface area (Å²) >= 11 is 5.42. The Morgan fingerprint density at radius 2 is 2.08 bits per heavy atom. The summed E-state index contributed by atoms with van der Waals surface area (Å²) < 4.78 is 12.5. The summed E-state index contributed by atoms with van der Waals surface area (Å²) in [6.45, 7) is 6.97. The zero-order valence-corrected chi connectivity index (χ0v) is 15.5. The fraction of sp³-hybridized carbons (Fsp3) is 0.412. The number of aromatic nitrogens is 2. The summed E-state index contributed by atoms with van der Waals surface area (Å²) in [4.78, 5) is 0. The van der Waals surface area contributed by atoms with Gasteiger partial charge in [-0.2, -0.15) is 5.10 Å². The first-order chi connectivity index (χ1) is 11.5. The molecule has 6 nitrogen and oxygen atoms in total. The van der Waals surface area contributed by atoms with Crippen LogP contribution in [0.4, 0.5) is 5.69 Å². The fourth-order valence-electron chi connectivity index (χ4n) is 2.45. The number of nitrogens with one attached hydrogen (secondary N) is 2. The van der Waals surface area contributed by atoms with Crippen molar-refractivity contribution in [3.05, 3.63) is 35.7 Å². The van der Waals surface area contributed by atoms with E-state index >= 15 is 0 Å². The van der Waals surface area contributed by atoms with Gasteiger partial charge in [0.1, 0.15) is 11.5 Å². The fourth-order valence-corrected chi connectivity index (χ4v) is 2.74. The van der Waals surface area contributed by atoms with Gasteiger partial charge in [0.25, 0.3) is 0 Å². The maximum atomic E-state index is 5.42. The molecule has 0 spiro atoms. The Hall–Kier alpha value is -2.28. The second-order valence-electron chi connectivity index (χ2n) is 5.41. The second kappa shape index (κ2) is 8.01. The van der Waals surface area contributed by atoms with Gasteiger partial charge >= 0.3 is 0 Å². The minimum Gasteiger partial charge on any atom is -0.497 e. The molecular formula is C17H24N4O2S. The predicted octanol–water partition coefficient (Wildman–Crippen LogP) is 3.28. The third kappa shape index (κ3) is 4.17. The quantitative estimate of drug-likeness (QED) is 0.781. The van der Waals surface area contributed by atoms with Crippen molar-refractivity contribution < 1.29 is 9.47 Å². The van der Waals surface area contributed by atoms with Gasteiger partial charge in [0.2, 0.25) is 0 Å². The minimum absolute atomic E-state index is 0.0505. The lowest BCUT2D eigenvalue weighted by atomic mass is 10.1. The van der Waals surface area contributed by atoms with Crippen molar-refractivity contribution in [3.8, 4) is 11.5 Å². The summed E-state index contributed by atoms with van der Waals surface area (Å²) in [5.41, 5.74) is 2.91. The molecule has 0 aliphatic rings. The van der Waals surface area contributed by atoms with E-state index in [9.17, 15) is 0 Å². The van der Waals surface area contributed by atoms with Crippen LogP contribution in [0.3, 0.4) is 0 Å². The molecule has 1 atom stereocenters. The number of benzene rings is 1. The number of aryl methyl sites for hydroxylation is 2. The van der Waals surface area contributed by atoms with Crippen LogP contribution in [-0.4, -0.2) is 29.1 Å². The molecule has 0 aliphatic heterocycles. The second-order valence-corrected chi connectivity index (χ2v) is 5.82. The highest BCUT2D eigenvalue weighted by Crippen LogP contribution is 2.29. The maximum Gasteiger partial charge on any atom is 0.171 e. The van der Waals surface area contributed by atoms with Crippen molar-refractivity contribution in [2.45, 2.75) is 33.4 Å². The lowest BCUT2D eigenvalue weighted by molar-refractivity contribution is 0.395. The molecule has 0 fully saturated rings. The molecule has 0 radical (unpaired) electrons. The molecule has 2 N–H and O–H groups in total. The monoisotopic (exact) mass is 348 g/mol. The van der Waals surface area contributed by atoms with Crippen LogP contribution in [0, 0.1) is 6.92 Å². The molecule has 0 bridgehead atoms. The zero-order valence-electron chi connectivity index (χ0n) is 14.7. The molecule has 130 valence electrons. The Bertz CT molecular complexity index is 715. The third-order valence-electron chi connectivity index (χ3n) is 3.78. The summed E-state index contributed by atoms with van der Waals surface area (Å²) in [5, 5.41) is 11.4. The van der Waals surface area contributed by atoms with Gasteiger partial charge in [0, 0.05) is 24.4 Å². The number of ether oxygens (including phenoxy) is 2. The lowest BCUT2D eigenvalue weighted by Crippen LogP contribution is -2.31. The Kier molecular flexibility index (Phi) is 6.03. The first-order valence-electron chi connectivity index (χ1n) is 7.82. The largest absolute Gasteiger partial charge is 0.497 e. The molecule has 1 aromatic carbocycles. The summed E-state index contributed by atoms with van der Waals surface area (Å²) in [6.07, 6.45) is 2.05. The van der Waals surface area contributed by atoms with Gasteiger partial charge < -0.3 is 20.1 Å². The van der Waals surface area contributed by atoms with E-state index in [0.29, 0.717) is 10.9 Å². The SMILES string of the molecule is CCn1cc(C(C)NC(=S)Nc2ccc(OC)cc2OC)c(C)n1. The van der Waals surface area contributed by atoms with E-state index < -0.39 is 0 Å². The molecule has 2 rings (SSSR count). The van der Waals surface area contributed by atoms with Crippen molar-refractivity contribution in [3.63, 3.8) is 0 Å². The van der Waals surface area contributed by atoms with Crippen molar-refractivity contribution in [2.75, 3.05) is 19.5 Å². The lowest BCUT2D eigenvalue weighted by Gasteiger charge is -2.18. The summed E-state index contributed by atoms with van der Waals surface area (Å²) in [7, 11) is 3.23. The molecule has 1 unspecified atom stereocenters. The van der Waals surface area contributed by atoms with Gasteiger partial charge in [-0.15, -0.1) is 0 Å². The Balaban J connectivity index is 2.06. The molecule has 0 aliphatic carbocycles. The van der Waals surface area contributed by atoms with E-state index in [2.05, 4.69) is 29.6 Å². The highest BCUT2D eigenvalue weighted by atomic mass is 32.1. The number of hydrogen-bond acceptors (Lipinski definition) is 4.